The Morgan fingerprint density at radius 2 is 1.92 bits per heavy atom. The molecule has 2 heteroatoms. The summed E-state index contributed by atoms with van der Waals surface area (Å²) in [4.78, 5) is 10.3. The fourth-order valence-electron chi connectivity index (χ4n) is 2.16. The van der Waals surface area contributed by atoms with E-state index in [1.807, 2.05) is 0 Å². The fraction of sp³-hybridized carbons (Fsp3) is 0.900. The van der Waals surface area contributed by atoms with E-state index in [4.69, 9.17) is 4.74 Å². The highest BCUT2D eigenvalue weighted by Crippen LogP contribution is 2.32. The van der Waals surface area contributed by atoms with Crippen LogP contribution in [0.3, 0.4) is 0 Å². The molecule has 0 heterocycles. The fourth-order valence-corrected chi connectivity index (χ4v) is 2.16. The Morgan fingerprint density at radius 1 is 1.33 bits per heavy atom. The standard InChI is InChI=1S/C10H18O2/c1-8(2)10(12-7-11)9-5-3-4-6-9/h7-10H,3-6H2,1-2H3. The average Bonchev–Trinajstić information content (AvgIpc) is 2.51. The maximum absolute atomic E-state index is 10.3. The summed E-state index contributed by atoms with van der Waals surface area (Å²) in [5, 5.41) is 0. The minimum atomic E-state index is 0.157. The van der Waals surface area contributed by atoms with Crippen LogP contribution < -0.4 is 0 Å². The van der Waals surface area contributed by atoms with E-state index < -0.39 is 0 Å². The molecule has 1 saturated carbocycles. The van der Waals surface area contributed by atoms with Crippen LogP contribution in [0, 0.1) is 11.8 Å². The number of ether oxygens (including phenoxy) is 1. The van der Waals surface area contributed by atoms with E-state index in [2.05, 4.69) is 13.8 Å². The monoisotopic (exact) mass is 170 g/mol. The van der Waals surface area contributed by atoms with Crippen LogP contribution in [-0.2, 0) is 9.53 Å². The minimum Gasteiger partial charge on any atom is -0.464 e. The van der Waals surface area contributed by atoms with Gasteiger partial charge in [-0.05, 0) is 24.7 Å². The molecule has 1 rings (SSSR count). The zero-order valence-corrected chi connectivity index (χ0v) is 7.95. The lowest BCUT2D eigenvalue weighted by Crippen LogP contribution is -2.27. The first-order valence-corrected chi connectivity index (χ1v) is 4.84. The lowest BCUT2D eigenvalue weighted by molar-refractivity contribution is -0.138. The van der Waals surface area contributed by atoms with Crippen molar-refractivity contribution in [1.82, 2.24) is 0 Å². The van der Waals surface area contributed by atoms with Gasteiger partial charge in [0.1, 0.15) is 6.10 Å². The summed E-state index contributed by atoms with van der Waals surface area (Å²) in [6.07, 6.45) is 5.23. The average molecular weight is 170 g/mol. The van der Waals surface area contributed by atoms with Gasteiger partial charge in [0.05, 0.1) is 0 Å². The molecule has 1 aliphatic carbocycles. The topological polar surface area (TPSA) is 26.3 Å². The smallest absolute Gasteiger partial charge is 0.293 e. The van der Waals surface area contributed by atoms with E-state index in [1.165, 1.54) is 25.7 Å². The Balaban J connectivity index is 2.45. The summed E-state index contributed by atoms with van der Waals surface area (Å²) in [5.74, 6) is 1.08. The minimum absolute atomic E-state index is 0.157. The highest BCUT2D eigenvalue weighted by molar-refractivity contribution is 5.37. The molecule has 0 N–H and O–H groups in total. The van der Waals surface area contributed by atoms with Crippen molar-refractivity contribution in [2.75, 3.05) is 0 Å². The van der Waals surface area contributed by atoms with Gasteiger partial charge in [-0.2, -0.15) is 0 Å². The first kappa shape index (κ1) is 9.56. The molecular formula is C10H18O2. The van der Waals surface area contributed by atoms with Crippen LogP contribution in [0.1, 0.15) is 39.5 Å². The van der Waals surface area contributed by atoms with Crippen LogP contribution in [0.5, 0.6) is 0 Å². The highest BCUT2D eigenvalue weighted by Gasteiger charge is 2.28. The molecule has 0 aromatic carbocycles. The second-order valence-corrected chi connectivity index (χ2v) is 3.99. The van der Waals surface area contributed by atoms with Crippen LogP contribution in [0.25, 0.3) is 0 Å². The van der Waals surface area contributed by atoms with Gasteiger partial charge in [-0.15, -0.1) is 0 Å². The largest absolute Gasteiger partial charge is 0.464 e. The molecule has 1 aliphatic rings. The van der Waals surface area contributed by atoms with Crippen molar-refractivity contribution in [2.24, 2.45) is 11.8 Å². The third kappa shape index (κ3) is 2.23. The summed E-state index contributed by atoms with van der Waals surface area (Å²) >= 11 is 0. The molecule has 1 fully saturated rings. The first-order valence-electron chi connectivity index (χ1n) is 4.84. The molecule has 1 atom stereocenters. The van der Waals surface area contributed by atoms with Crippen molar-refractivity contribution in [1.29, 1.82) is 0 Å². The zero-order valence-electron chi connectivity index (χ0n) is 7.95. The van der Waals surface area contributed by atoms with Crippen LogP contribution in [0.2, 0.25) is 0 Å². The Bertz CT molecular complexity index is 137. The molecule has 1 unspecified atom stereocenters. The van der Waals surface area contributed by atoms with Gasteiger partial charge in [0.15, 0.2) is 0 Å². The second-order valence-electron chi connectivity index (χ2n) is 3.99. The molecule has 12 heavy (non-hydrogen) atoms. The number of rotatable bonds is 4. The van der Waals surface area contributed by atoms with Crippen molar-refractivity contribution in [2.45, 2.75) is 45.6 Å². The molecule has 2 nitrogen and oxygen atoms in total. The maximum Gasteiger partial charge on any atom is 0.293 e. The van der Waals surface area contributed by atoms with Crippen molar-refractivity contribution >= 4 is 6.47 Å². The summed E-state index contributed by atoms with van der Waals surface area (Å²) in [5.41, 5.74) is 0. The number of hydrogen-bond acceptors (Lipinski definition) is 2. The van der Waals surface area contributed by atoms with Crippen LogP contribution >= 0.6 is 0 Å². The zero-order chi connectivity index (χ0) is 8.97. The molecule has 70 valence electrons. The highest BCUT2D eigenvalue weighted by atomic mass is 16.5. The van der Waals surface area contributed by atoms with E-state index in [-0.39, 0.29) is 6.10 Å². The molecule has 0 radical (unpaired) electrons. The predicted molar refractivity (Wildman–Crippen MR) is 47.7 cm³/mol. The molecule has 0 aromatic rings. The Labute approximate surface area is 74.3 Å². The normalized spacial score (nSPS) is 21.2. The third-order valence-electron chi connectivity index (χ3n) is 2.73. The van der Waals surface area contributed by atoms with Crippen LogP contribution in [0.4, 0.5) is 0 Å². The van der Waals surface area contributed by atoms with Crippen molar-refractivity contribution in [3.63, 3.8) is 0 Å². The summed E-state index contributed by atoms with van der Waals surface area (Å²) in [7, 11) is 0. The van der Waals surface area contributed by atoms with E-state index >= 15 is 0 Å². The van der Waals surface area contributed by atoms with E-state index in [1.54, 1.807) is 0 Å². The molecule has 0 amide bonds. The van der Waals surface area contributed by atoms with Gasteiger partial charge >= 0.3 is 0 Å². The predicted octanol–water partition coefficient (Wildman–Crippen LogP) is 2.37. The van der Waals surface area contributed by atoms with Gasteiger partial charge < -0.3 is 4.74 Å². The summed E-state index contributed by atoms with van der Waals surface area (Å²) in [6.45, 7) is 4.84. The molecule has 0 saturated heterocycles. The van der Waals surface area contributed by atoms with Crippen LogP contribution in [-0.4, -0.2) is 12.6 Å². The number of carbonyl (C=O) groups is 1. The number of hydrogen-bond donors (Lipinski definition) is 0. The molecule has 0 spiro atoms. The van der Waals surface area contributed by atoms with E-state index in [0.717, 1.165) is 0 Å². The lowest BCUT2D eigenvalue weighted by Gasteiger charge is -2.24. The van der Waals surface area contributed by atoms with Gasteiger partial charge in [-0.1, -0.05) is 26.7 Å². The number of carbonyl (C=O) groups excluding carboxylic acids is 1. The van der Waals surface area contributed by atoms with Crippen molar-refractivity contribution in [3.8, 4) is 0 Å². The third-order valence-corrected chi connectivity index (χ3v) is 2.73. The van der Waals surface area contributed by atoms with Crippen molar-refractivity contribution < 1.29 is 9.53 Å². The SMILES string of the molecule is CC(C)C(OC=O)C1CCCC1. The summed E-state index contributed by atoms with van der Waals surface area (Å²) < 4.78 is 5.11. The molecule has 0 aromatic heterocycles. The van der Waals surface area contributed by atoms with E-state index in [9.17, 15) is 4.79 Å². The van der Waals surface area contributed by atoms with Gasteiger partial charge in [0.2, 0.25) is 0 Å². The Morgan fingerprint density at radius 3 is 2.33 bits per heavy atom. The second kappa shape index (κ2) is 4.48. The lowest BCUT2D eigenvalue weighted by atomic mass is 9.92. The van der Waals surface area contributed by atoms with Crippen molar-refractivity contribution in [3.05, 3.63) is 0 Å². The van der Waals surface area contributed by atoms with Gasteiger partial charge in [-0.3, -0.25) is 4.79 Å². The quantitative estimate of drug-likeness (QED) is 0.605. The van der Waals surface area contributed by atoms with Crippen LogP contribution in [0.15, 0.2) is 0 Å². The molecule has 0 aliphatic heterocycles. The van der Waals surface area contributed by atoms with Gasteiger partial charge in [0.25, 0.3) is 6.47 Å². The Hall–Kier alpha value is -0.530. The van der Waals surface area contributed by atoms with Gasteiger partial charge in [-0.25, -0.2) is 0 Å². The Kier molecular flexibility index (Phi) is 3.57. The summed E-state index contributed by atoms with van der Waals surface area (Å²) in [6, 6.07) is 0. The molecule has 0 bridgehead atoms. The maximum atomic E-state index is 10.3. The van der Waals surface area contributed by atoms with Gasteiger partial charge in [0, 0.05) is 0 Å². The van der Waals surface area contributed by atoms with E-state index in [0.29, 0.717) is 18.3 Å². The molecular weight excluding hydrogens is 152 g/mol. The first-order chi connectivity index (χ1) is 5.75.